The van der Waals surface area contributed by atoms with Crippen LogP contribution in [0.25, 0.3) is 0 Å². The molecule has 1 aromatic carbocycles. The molecular formula is C16H25N3O2. The molecule has 5 nitrogen and oxygen atoms in total. The second kappa shape index (κ2) is 6.91. The van der Waals surface area contributed by atoms with Gasteiger partial charge in [0.05, 0.1) is 12.8 Å². The number of methoxy groups -OCH3 is 1. The highest BCUT2D eigenvalue weighted by Crippen LogP contribution is 2.27. The van der Waals surface area contributed by atoms with Gasteiger partial charge in [0.25, 0.3) is 0 Å². The van der Waals surface area contributed by atoms with E-state index in [1.807, 2.05) is 39.2 Å². The molecule has 0 radical (unpaired) electrons. The van der Waals surface area contributed by atoms with Crippen LogP contribution in [0, 0.1) is 11.8 Å². The van der Waals surface area contributed by atoms with Crippen molar-refractivity contribution in [2.24, 2.45) is 11.8 Å². The van der Waals surface area contributed by atoms with E-state index in [0.717, 1.165) is 30.9 Å². The molecule has 2 N–H and O–H groups in total. The van der Waals surface area contributed by atoms with Crippen LogP contribution < -0.4 is 15.4 Å². The Labute approximate surface area is 126 Å². The minimum Gasteiger partial charge on any atom is -0.495 e. The molecule has 1 aliphatic heterocycles. The average Bonchev–Trinajstić information content (AvgIpc) is 2.36. The van der Waals surface area contributed by atoms with E-state index in [1.54, 1.807) is 7.11 Å². The number of hydrogen-bond acceptors (Lipinski definition) is 4. The van der Waals surface area contributed by atoms with Gasteiger partial charge in [-0.05, 0) is 50.8 Å². The molecule has 1 fully saturated rings. The summed E-state index contributed by atoms with van der Waals surface area (Å²) in [6.07, 6.45) is 0. The number of carbonyl (C=O) groups excluding carboxylic acids is 1. The minimum absolute atomic E-state index is 0.00783. The molecule has 1 amide bonds. The first-order chi connectivity index (χ1) is 10.0. The second-order valence-electron chi connectivity index (χ2n) is 5.97. The molecule has 1 atom stereocenters. The van der Waals surface area contributed by atoms with Gasteiger partial charge in [-0.2, -0.15) is 0 Å². The summed E-state index contributed by atoms with van der Waals surface area (Å²) in [5.41, 5.74) is 1.90. The molecule has 5 heteroatoms. The van der Waals surface area contributed by atoms with Gasteiger partial charge in [0.1, 0.15) is 5.75 Å². The van der Waals surface area contributed by atoms with Crippen LogP contribution in [0.1, 0.15) is 12.5 Å². The Morgan fingerprint density at radius 1 is 1.48 bits per heavy atom. The highest BCUT2D eigenvalue weighted by molar-refractivity contribution is 5.94. The van der Waals surface area contributed by atoms with Gasteiger partial charge in [0.15, 0.2) is 0 Å². The summed E-state index contributed by atoms with van der Waals surface area (Å²) in [5, 5.41) is 6.22. The van der Waals surface area contributed by atoms with Gasteiger partial charge in [-0.25, -0.2) is 0 Å². The number of rotatable bonds is 6. The first kappa shape index (κ1) is 15.8. The predicted molar refractivity (Wildman–Crippen MR) is 84.5 cm³/mol. The van der Waals surface area contributed by atoms with Gasteiger partial charge in [-0.15, -0.1) is 0 Å². The Morgan fingerprint density at radius 3 is 2.71 bits per heavy atom. The standard InChI is InChI=1S/C16H25N3O2/c1-11(13-8-17-9-13)16(20)18-14-7-12(10-19(2)3)5-6-15(14)21-4/h5-7,11,13,17H,8-10H2,1-4H3,(H,18,20). The lowest BCUT2D eigenvalue weighted by Gasteiger charge is -2.31. The van der Waals surface area contributed by atoms with Gasteiger partial charge in [-0.1, -0.05) is 13.0 Å². The molecule has 1 heterocycles. The lowest BCUT2D eigenvalue weighted by Crippen LogP contribution is -2.48. The molecule has 2 rings (SSSR count). The molecule has 0 aromatic heterocycles. The molecule has 1 aromatic rings. The number of benzene rings is 1. The maximum absolute atomic E-state index is 12.3. The van der Waals surface area contributed by atoms with E-state index in [2.05, 4.69) is 15.5 Å². The maximum Gasteiger partial charge on any atom is 0.227 e. The van der Waals surface area contributed by atoms with Gasteiger partial charge in [0, 0.05) is 12.5 Å². The normalized spacial score (nSPS) is 16.4. The summed E-state index contributed by atoms with van der Waals surface area (Å²) >= 11 is 0. The lowest BCUT2D eigenvalue weighted by molar-refractivity contribution is -0.121. The Morgan fingerprint density at radius 2 is 2.19 bits per heavy atom. The highest BCUT2D eigenvalue weighted by atomic mass is 16.5. The van der Waals surface area contributed by atoms with Crippen LogP contribution in [-0.2, 0) is 11.3 Å². The fourth-order valence-corrected chi connectivity index (χ4v) is 2.44. The number of ether oxygens (including phenoxy) is 1. The van der Waals surface area contributed by atoms with Crippen LogP contribution in [0.4, 0.5) is 5.69 Å². The van der Waals surface area contributed by atoms with Crippen molar-refractivity contribution in [2.45, 2.75) is 13.5 Å². The third kappa shape index (κ3) is 3.95. The highest BCUT2D eigenvalue weighted by Gasteiger charge is 2.29. The zero-order chi connectivity index (χ0) is 15.4. The summed E-state index contributed by atoms with van der Waals surface area (Å²) in [5.74, 6) is 1.20. The van der Waals surface area contributed by atoms with E-state index in [-0.39, 0.29) is 11.8 Å². The molecule has 1 aliphatic rings. The van der Waals surface area contributed by atoms with Crippen molar-refractivity contribution in [1.29, 1.82) is 0 Å². The molecule has 1 unspecified atom stereocenters. The van der Waals surface area contributed by atoms with Crippen molar-refractivity contribution in [3.63, 3.8) is 0 Å². The van der Waals surface area contributed by atoms with Crippen molar-refractivity contribution in [2.75, 3.05) is 39.6 Å². The summed E-state index contributed by atoms with van der Waals surface area (Å²) in [4.78, 5) is 14.4. The zero-order valence-corrected chi connectivity index (χ0v) is 13.3. The quantitative estimate of drug-likeness (QED) is 0.835. The van der Waals surface area contributed by atoms with Crippen molar-refractivity contribution in [3.8, 4) is 5.75 Å². The van der Waals surface area contributed by atoms with Crippen LogP contribution in [0.3, 0.4) is 0 Å². The first-order valence-electron chi connectivity index (χ1n) is 7.34. The predicted octanol–water partition coefficient (Wildman–Crippen LogP) is 1.55. The number of amides is 1. The van der Waals surface area contributed by atoms with E-state index < -0.39 is 0 Å². The van der Waals surface area contributed by atoms with E-state index in [4.69, 9.17) is 4.74 Å². The first-order valence-corrected chi connectivity index (χ1v) is 7.34. The summed E-state index contributed by atoms with van der Waals surface area (Å²) in [6.45, 7) is 4.66. The van der Waals surface area contributed by atoms with Gasteiger partial charge in [0.2, 0.25) is 5.91 Å². The van der Waals surface area contributed by atoms with Crippen molar-refractivity contribution in [3.05, 3.63) is 23.8 Å². The van der Waals surface area contributed by atoms with E-state index >= 15 is 0 Å². The van der Waals surface area contributed by atoms with Crippen LogP contribution in [0.15, 0.2) is 18.2 Å². The maximum atomic E-state index is 12.3. The Bertz CT molecular complexity index is 498. The van der Waals surface area contributed by atoms with Crippen LogP contribution in [0.5, 0.6) is 5.75 Å². The topological polar surface area (TPSA) is 53.6 Å². The summed E-state index contributed by atoms with van der Waals surface area (Å²) in [7, 11) is 5.66. The Kier molecular flexibility index (Phi) is 5.20. The fourth-order valence-electron chi connectivity index (χ4n) is 2.44. The van der Waals surface area contributed by atoms with E-state index in [9.17, 15) is 4.79 Å². The smallest absolute Gasteiger partial charge is 0.227 e. The van der Waals surface area contributed by atoms with E-state index in [0.29, 0.717) is 11.7 Å². The summed E-state index contributed by atoms with van der Waals surface area (Å²) < 4.78 is 5.35. The monoisotopic (exact) mass is 291 g/mol. The fraction of sp³-hybridized carbons (Fsp3) is 0.562. The van der Waals surface area contributed by atoms with Crippen LogP contribution in [-0.4, -0.2) is 45.1 Å². The third-order valence-electron chi connectivity index (χ3n) is 3.95. The molecule has 21 heavy (non-hydrogen) atoms. The van der Waals surface area contributed by atoms with Crippen molar-refractivity contribution in [1.82, 2.24) is 10.2 Å². The second-order valence-corrected chi connectivity index (χ2v) is 5.97. The Hall–Kier alpha value is -1.59. The average molecular weight is 291 g/mol. The van der Waals surface area contributed by atoms with E-state index in [1.165, 1.54) is 0 Å². The van der Waals surface area contributed by atoms with Crippen molar-refractivity contribution < 1.29 is 9.53 Å². The van der Waals surface area contributed by atoms with Crippen LogP contribution >= 0.6 is 0 Å². The number of nitrogens with one attached hydrogen (secondary N) is 2. The van der Waals surface area contributed by atoms with Gasteiger partial charge in [-0.3, -0.25) is 4.79 Å². The number of anilines is 1. The summed E-state index contributed by atoms with van der Waals surface area (Å²) in [6, 6.07) is 5.92. The molecule has 1 saturated heterocycles. The van der Waals surface area contributed by atoms with Gasteiger partial charge < -0.3 is 20.3 Å². The molecule has 0 saturated carbocycles. The van der Waals surface area contributed by atoms with Crippen molar-refractivity contribution >= 4 is 11.6 Å². The molecular weight excluding hydrogens is 266 g/mol. The van der Waals surface area contributed by atoms with Gasteiger partial charge >= 0.3 is 0 Å². The number of nitrogens with zero attached hydrogens (tertiary/aromatic N) is 1. The molecule has 116 valence electrons. The molecule has 0 spiro atoms. The SMILES string of the molecule is COc1ccc(CN(C)C)cc1NC(=O)C(C)C1CNC1. The Balaban J connectivity index is 2.10. The largest absolute Gasteiger partial charge is 0.495 e. The number of hydrogen-bond donors (Lipinski definition) is 2. The lowest BCUT2D eigenvalue weighted by atomic mass is 9.88. The van der Waals surface area contributed by atoms with Crippen LogP contribution in [0.2, 0.25) is 0 Å². The molecule has 0 bridgehead atoms. The molecule has 0 aliphatic carbocycles. The number of carbonyl (C=O) groups is 1. The minimum atomic E-state index is 0.00783. The third-order valence-corrected chi connectivity index (χ3v) is 3.95. The zero-order valence-electron chi connectivity index (χ0n) is 13.3.